The van der Waals surface area contributed by atoms with Crippen molar-refractivity contribution < 1.29 is 22.7 Å². The summed E-state index contributed by atoms with van der Waals surface area (Å²) >= 11 is 1.60. The minimum atomic E-state index is -4.27. The Kier molecular flexibility index (Phi) is 11.2. The molecule has 2 heterocycles. The molecule has 2 bridgehead atoms. The van der Waals surface area contributed by atoms with Crippen molar-refractivity contribution in [2.24, 2.45) is 5.92 Å². The van der Waals surface area contributed by atoms with Crippen LogP contribution in [0.1, 0.15) is 81.5 Å². The molecule has 0 spiro atoms. The summed E-state index contributed by atoms with van der Waals surface area (Å²) in [6, 6.07) is 28.3. The number of amides is 2. The van der Waals surface area contributed by atoms with E-state index in [2.05, 4.69) is 22.5 Å². The maximum Gasteiger partial charge on any atom is 0.281 e. The fraction of sp³-hybridized carbons (Fsp3) is 0.333. The van der Waals surface area contributed by atoms with Crippen LogP contribution in [0.15, 0.2) is 112 Å². The second-order valence-corrected chi connectivity index (χ2v) is 18.7. The lowest BCUT2D eigenvalue weighted by atomic mass is 9.59. The average molecular weight is 817 g/mol. The van der Waals surface area contributed by atoms with Gasteiger partial charge in [-0.3, -0.25) is 9.59 Å². The van der Waals surface area contributed by atoms with Crippen LogP contribution in [-0.4, -0.2) is 45.5 Å². The number of para-hydroxylation sites is 1. The van der Waals surface area contributed by atoms with Crippen LogP contribution in [0.5, 0.6) is 5.75 Å². The number of sulfone groups is 1. The molecule has 2 aromatic heterocycles. The number of rotatable bonds is 14. The highest BCUT2D eigenvalue weighted by Crippen LogP contribution is 2.54. The summed E-state index contributed by atoms with van der Waals surface area (Å²) in [5, 5.41) is 16.1. The highest BCUT2D eigenvalue weighted by Gasteiger charge is 2.45. The van der Waals surface area contributed by atoms with Crippen molar-refractivity contribution in [3.05, 3.63) is 114 Å². The van der Waals surface area contributed by atoms with Gasteiger partial charge >= 0.3 is 0 Å². The van der Waals surface area contributed by atoms with E-state index in [4.69, 9.17) is 14.9 Å². The summed E-state index contributed by atoms with van der Waals surface area (Å²) in [7, 11) is -4.27. The predicted octanol–water partition coefficient (Wildman–Crippen LogP) is 9.66. The van der Waals surface area contributed by atoms with Gasteiger partial charge in [0.25, 0.3) is 11.3 Å². The number of hydrogen-bond donors (Lipinski definition) is 3. The van der Waals surface area contributed by atoms with Crippen LogP contribution in [0.25, 0.3) is 17.0 Å². The summed E-state index contributed by atoms with van der Waals surface area (Å²) in [5.41, 5.74) is 3.44. The predicted molar refractivity (Wildman–Crippen MR) is 227 cm³/mol. The number of unbranched alkanes of at least 4 members (excludes halogenated alkanes) is 1. The van der Waals surface area contributed by atoms with Crippen LogP contribution >= 0.6 is 11.8 Å². The quantitative estimate of drug-likeness (QED) is 0.0985. The third-order valence-corrected chi connectivity index (χ3v) is 14.4. The molecule has 3 aliphatic carbocycles. The third-order valence-electron chi connectivity index (χ3n) is 11.5. The number of nitrogens with one attached hydrogen (secondary N) is 3. The second kappa shape index (κ2) is 16.5. The highest BCUT2D eigenvalue weighted by molar-refractivity contribution is 7.99. The molecule has 2 amide bonds. The molecule has 58 heavy (non-hydrogen) atoms. The van der Waals surface area contributed by atoms with Crippen molar-refractivity contribution in [3.8, 4) is 17.1 Å². The van der Waals surface area contributed by atoms with Gasteiger partial charge in [-0.25, -0.2) is 8.42 Å². The molecular weight excluding hydrogens is 769 g/mol. The number of fused-ring (bicyclic) bond motifs is 4. The first-order chi connectivity index (χ1) is 28.0. The van der Waals surface area contributed by atoms with E-state index in [-0.39, 0.29) is 22.0 Å². The number of ether oxygens (including phenoxy) is 1. The first kappa shape index (κ1) is 39.4. The molecule has 4 aromatic carbocycles. The van der Waals surface area contributed by atoms with Gasteiger partial charge in [0.2, 0.25) is 15.7 Å². The van der Waals surface area contributed by atoms with E-state index in [0.717, 1.165) is 76.0 Å². The van der Waals surface area contributed by atoms with E-state index in [9.17, 15) is 18.0 Å². The maximum atomic E-state index is 14.0. The van der Waals surface area contributed by atoms with Gasteiger partial charge in [-0.1, -0.05) is 79.2 Å². The van der Waals surface area contributed by atoms with Crippen LogP contribution in [0.4, 0.5) is 11.4 Å². The Labute approximate surface area is 343 Å². The number of anilines is 2. The Morgan fingerprint density at radius 2 is 1.64 bits per heavy atom. The number of aryl methyl sites for hydroxylation is 2. The van der Waals surface area contributed by atoms with Crippen molar-refractivity contribution in [2.75, 3.05) is 10.6 Å². The number of H-pyrrole nitrogens is 1. The lowest BCUT2D eigenvalue weighted by Crippen LogP contribution is -2.40. The Morgan fingerprint density at radius 1 is 0.897 bits per heavy atom. The average Bonchev–Trinajstić information content (AvgIpc) is 3.80. The van der Waals surface area contributed by atoms with E-state index in [1.807, 2.05) is 50.2 Å². The van der Waals surface area contributed by atoms with Crippen molar-refractivity contribution in [1.29, 1.82) is 0 Å². The topological polar surface area (TPSA) is 148 Å². The van der Waals surface area contributed by atoms with Crippen LogP contribution in [-0.2, 0) is 24.8 Å². The summed E-state index contributed by atoms with van der Waals surface area (Å²) in [6.07, 6.45) is 9.09. The smallest absolute Gasteiger partial charge is 0.281 e. The molecule has 3 aliphatic rings. The van der Waals surface area contributed by atoms with Gasteiger partial charge in [-0.15, -0.1) is 9.73 Å². The number of hydrogen-bond acceptors (Lipinski definition) is 8. The molecule has 11 nitrogen and oxygen atoms in total. The van der Waals surface area contributed by atoms with Gasteiger partial charge in [0.1, 0.15) is 5.75 Å². The van der Waals surface area contributed by atoms with E-state index in [1.165, 1.54) is 31.4 Å². The Balaban J connectivity index is 1.12. The Morgan fingerprint density at radius 3 is 2.38 bits per heavy atom. The Bertz CT molecular complexity index is 2560. The summed E-state index contributed by atoms with van der Waals surface area (Å²) in [5.74, 6) is 0.737. The van der Waals surface area contributed by atoms with Crippen LogP contribution in [0.3, 0.4) is 0 Å². The zero-order valence-electron chi connectivity index (χ0n) is 33.0. The highest BCUT2D eigenvalue weighted by atomic mass is 32.2. The fourth-order valence-corrected chi connectivity index (χ4v) is 10.7. The largest absolute Gasteiger partial charge is 0.464 e. The first-order valence-corrected chi connectivity index (χ1v) is 22.4. The standard InChI is InChI=1S/C45H48N6O5S2/c1-4-5-16-38(52)47-36-14-6-7-15-37(36)57-39-40(45-24-21-31(22-25-45)23-26-45)49-51-42(39)48-41(50-51)32-11-9-12-33(28-32)46-43(53)44(56-34-13-8-10-30(3)27-34)58(54,55)35-19-17-29(2)18-20-35/h6-15,17-20,27-28,31,44H,4-5,16,21-26H2,1-3H3,(H,46,53)(H,47,52)(H,48,50). The number of aromatic amines is 1. The zero-order valence-corrected chi connectivity index (χ0v) is 34.6. The summed E-state index contributed by atoms with van der Waals surface area (Å²) in [4.78, 5) is 32.2. The number of carbonyl (C=O) groups excluding carboxylic acids is 2. The monoisotopic (exact) mass is 816 g/mol. The molecule has 300 valence electrons. The van der Waals surface area contributed by atoms with Crippen LogP contribution < -0.4 is 15.4 Å². The Hall–Kier alpha value is -5.40. The molecule has 3 N–H and O–H groups in total. The first-order valence-electron chi connectivity index (χ1n) is 20.0. The van der Waals surface area contributed by atoms with E-state index >= 15 is 0 Å². The number of aromatic nitrogens is 4. The molecule has 0 radical (unpaired) electrons. The minimum absolute atomic E-state index is 0.00364. The van der Waals surface area contributed by atoms with Gasteiger partial charge in [0.15, 0.2) is 11.5 Å². The third kappa shape index (κ3) is 8.15. The maximum absolute atomic E-state index is 14.0. The number of carbonyl (C=O) groups is 2. The SMILES string of the molecule is CCCCC(=O)Nc1ccccc1Sc1c(C23CCC(CC2)CC3)nn2nc(-c3cccc(NC(=O)C(Oc4cccc(C)c4)S(=O)(=O)c4ccc(C)cc4)c3)[nH]c12. The zero-order chi connectivity index (χ0) is 40.4. The molecule has 1 unspecified atom stereocenters. The van der Waals surface area contributed by atoms with Crippen LogP contribution in [0.2, 0.25) is 0 Å². The molecule has 3 saturated carbocycles. The van der Waals surface area contributed by atoms with Crippen molar-refractivity contribution in [2.45, 2.75) is 104 Å². The lowest BCUT2D eigenvalue weighted by Gasteiger charge is -2.45. The van der Waals surface area contributed by atoms with E-state index in [1.54, 1.807) is 64.9 Å². The van der Waals surface area contributed by atoms with Gasteiger partial charge < -0.3 is 20.4 Å². The van der Waals surface area contributed by atoms with E-state index in [0.29, 0.717) is 23.5 Å². The summed E-state index contributed by atoms with van der Waals surface area (Å²) in [6.45, 7) is 5.80. The molecule has 1 atom stereocenters. The molecular formula is C45H48N6O5S2. The van der Waals surface area contributed by atoms with Gasteiger partial charge in [0.05, 0.1) is 21.2 Å². The summed E-state index contributed by atoms with van der Waals surface area (Å²) < 4.78 is 35.5. The molecule has 3 fully saturated rings. The molecule has 9 rings (SSSR count). The molecule has 13 heteroatoms. The van der Waals surface area contributed by atoms with Gasteiger partial charge in [-0.2, -0.15) is 5.10 Å². The van der Waals surface area contributed by atoms with Crippen molar-refractivity contribution >= 4 is 50.4 Å². The minimum Gasteiger partial charge on any atom is -0.464 e. The van der Waals surface area contributed by atoms with Crippen molar-refractivity contribution in [1.82, 2.24) is 19.8 Å². The van der Waals surface area contributed by atoms with Crippen LogP contribution in [0, 0.1) is 19.8 Å². The second-order valence-electron chi connectivity index (χ2n) is 15.7. The number of benzene rings is 4. The molecule has 0 aliphatic heterocycles. The number of nitrogens with zero attached hydrogens (tertiary/aromatic N) is 3. The lowest BCUT2D eigenvalue weighted by molar-refractivity contribution is -0.119. The molecule has 6 aromatic rings. The van der Waals surface area contributed by atoms with Gasteiger partial charge in [-0.05, 0) is 119 Å². The van der Waals surface area contributed by atoms with Gasteiger partial charge in [0, 0.05) is 28.0 Å². The fourth-order valence-electron chi connectivity index (χ4n) is 8.17. The molecule has 0 saturated heterocycles. The van der Waals surface area contributed by atoms with E-state index < -0.39 is 21.2 Å². The van der Waals surface area contributed by atoms with Crippen molar-refractivity contribution in [3.63, 3.8) is 0 Å². The normalized spacial score (nSPS) is 18.2.